The maximum absolute atomic E-state index is 3.54. The molecule has 0 spiro atoms. The lowest BCUT2D eigenvalue weighted by atomic mass is 10.0. The summed E-state index contributed by atoms with van der Waals surface area (Å²) in [4.78, 5) is 2.56. The van der Waals surface area contributed by atoms with Crippen LogP contribution < -0.4 is 5.32 Å². The van der Waals surface area contributed by atoms with Crippen LogP contribution in [0.1, 0.15) is 25.3 Å². The first-order valence-electron chi connectivity index (χ1n) is 6.36. The van der Waals surface area contributed by atoms with E-state index in [-0.39, 0.29) is 0 Å². The number of halogens is 1. The van der Waals surface area contributed by atoms with Crippen molar-refractivity contribution < 1.29 is 0 Å². The molecule has 0 saturated carbocycles. The predicted octanol–water partition coefficient (Wildman–Crippen LogP) is 2.85. The Balaban J connectivity index is 1.94. The number of piperazine rings is 1. The first-order chi connectivity index (χ1) is 8.15. The van der Waals surface area contributed by atoms with Crippen LogP contribution in [0.3, 0.4) is 0 Å². The molecular formula is C14H21BrN2. The third-order valence-corrected chi connectivity index (χ3v) is 3.90. The fraction of sp³-hybridized carbons (Fsp3) is 0.571. The third-order valence-electron chi connectivity index (χ3n) is 3.40. The van der Waals surface area contributed by atoms with Gasteiger partial charge in [-0.2, -0.15) is 0 Å². The fourth-order valence-corrected chi connectivity index (χ4v) is 2.90. The standard InChI is InChI=1S/C14H21BrN2/c1-11(13-4-3-5-14(15)8-13)9-17-7-6-16-12(2)10-17/h3-5,8,11-12,16H,6-7,9-10H2,1-2H3/t11?,12-/m0/s1. The van der Waals surface area contributed by atoms with Crippen LogP contribution in [0.4, 0.5) is 0 Å². The monoisotopic (exact) mass is 296 g/mol. The lowest BCUT2D eigenvalue weighted by Crippen LogP contribution is -2.49. The molecule has 1 aromatic carbocycles. The maximum Gasteiger partial charge on any atom is 0.0178 e. The molecule has 2 atom stereocenters. The predicted molar refractivity (Wildman–Crippen MR) is 76.5 cm³/mol. The first kappa shape index (κ1) is 13.1. The SMILES string of the molecule is CC(CN1CCN[C@@H](C)C1)c1cccc(Br)c1. The third kappa shape index (κ3) is 3.80. The molecule has 0 amide bonds. The molecule has 0 aromatic heterocycles. The van der Waals surface area contributed by atoms with Crippen LogP contribution in [0.5, 0.6) is 0 Å². The average molecular weight is 297 g/mol. The molecule has 0 aliphatic carbocycles. The lowest BCUT2D eigenvalue weighted by Gasteiger charge is -2.33. The number of nitrogens with zero attached hydrogens (tertiary/aromatic N) is 1. The molecule has 2 nitrogen and oxygen atoms in total. The molecule has 1 saturated heterocycles. The summed E-state index contributed by atoms with van der Waals surface area (Å²) in [5, 5.41) is 3.48. The molecule has 1 unspecified atom stereocenters. The second kappa shape index (κ2) is 5.98. The molecule has 1 N–H and O–H groups in total. The van der Waals surface area contributed by atoms with Gasteiger partial charge >= 0.3 is 0 Å². The molecule has 1 aromatic rings. The van der Waals surface area contributed by atoms with Crippen molar-refractivity contribution in [2.45, 2.75) is 25.8 Å². The van der Waals surface area contributed by atoms with Crippen LogP contribution in [-0.4, -0.2) is 37.1 Å². The Labute approximate surface area is 113 Å². The molecule has 1 fully saturated rings. The smallest absolute Gasteiger partial charge is 0.0178 e. The van der Waals surface area contributed by atoms with Gasteiger partial charge in [-0.15, -0.1) is 0 Å². The van der Waals surface area contributed by atoms with E-state index in [0.717, 1.165) is 13.1 Å². The molecule has 2 rings (SSSR count). The average Bonchev–Trinajstić information content (AvgIpc) is 2.29. The number of hydrogen-bond acceptors (Lipinski definition) is 2. The van der Waals surface area contributed by atoms with Crippen molar-refractivity contribution in [3.05, 3.63) is 34.3 Å². The summed E-state index contributed by atoms with van der Waals surface area (Å²) in [7, 11) is 0. The van der Waals surface area contributed by atoms with Crippen LogP contribution in [0.15, 0.2) is 28.7 Å². The summed E-state index contributed by atoms with van der Waals surface area (Å²) in [5.41, 5.74) is 1.42. The van der Waals surface area contributed by atoms with E-state index in [1.54, 1.807) is 0 Å². The molecule has 17 heavy (non-hydrogen) atoms. The van der Waals surface area contributed by atoms with Gasteiger partial charge in [0.25, 0.3) is 0 Å². The summed E-state index contributed by atoms with van der Waals surface area (Å²) in [6, 6.07) is 9.29. The van der Waals surface area contributed by atoms with E-state index < -0.39 is 0 Å². The van der Waals surface area contributed by atoms with Crippen molar-refractivity contribution >= 4 is 15.9 Å². The van der Waals surface area contributed by atoms with E-state index in [9.17, 15) is 0 Å². The first-order valence-corrected chi connectivity index (χ1v) is 7.15. The second-order valence-electron chi connectivity index (χ2n) is 5.07. The van der Waals surface area contributed by atoms with Crippen molar-refractivity contribution in [1.29, 1.82) is 0 Å². The van der Waals surface area contributed by atoms with Crippen LogP contribution >= 0.6 is 15.9 Å². The van der Waals surface area contributed by atoms with Crippen LogP contribution in [0.2, 0.25) is 0 Å². The molecule has 3 heteroatoms. The fourth-order valence-electron chi connectivity index (χ4n) is 2.48. The Morgan fingerprint density at radius 3 is 3.06 bits per heavy atom. The largest absolute Gasteiger partial charge is 0.312 e. The quantitative estimate of drug-likeness (QED) is 0.923. The summed E-state index contributed by atoms with van der Waals surface area (Å²) in [6.07, 6.45) is 0. The molecule has 0 radical (unpaired) electrons. The molecule has 94 valence electrons. The minimum atomic E-state index is 0.595. The van der Waals surface area contributed by atoms with E-state index in [1.165, 1.54) is 23.1 Å². The molecule has 0 bridgehead atoms. The van der Waals surface area contributed by atoms with Gasteiger partial charge in [0.15, 0.2) is 0 Å². The Morgan fingerprint density at radius 1 is 1.53 bits per heavy atom. The zero-order valence-corrected chi connectivity index (χ0v) is 12.2. The molecule has 1 heterocycles. The topological polar surface area (TPSA) is 15.3 Å². The number of nitrogens with one attached hydrogen (secondary N) is 1. The van der Waals surface area contributed by atoms with E-state index >= 15 is 0 Å². The number of hydrogen-bond donors (Lipinski definition) is 1. The van der Waals surface area contributed by atoms with E-state index in [4.69, 9.17) is 0 Å². The van der Waals surface area contributed by atoms with Crippen LogP contribution in [0.25, 0.3) is 0 Å². The number of rotatable bonds is 3. The van der Waals surface area contributed by atoms with Gasteiger partial charge in [0.05, 0.1) is 0 Å². The maximum atomic E-state index is 3.54. The van der Waals surface area contributed by atoms with Crippen LogP contribution in [0, 0.1) is 0 Å². The highest BCUT2D eigenvalue weighted by atomic mass is 79.9. The van der Waals surface area contributed by atoms with E-state index in [1.807, 2.05) is 0 Å². The van der Waals surface area contributed by atoms with Gasteiger partial charge in [0, 0.05) is 36.7 Å². The minimum Gasteiger partial charge on any atom is -0.312 e. The van der Waals surface area contributed by atoms with Crippen molar-refractivity contribution in [2.24, 2.45) is 0 Å². The van der Waals surface area contributed by atoms with Gasteiger partial charge in [0.1, 0.15) is 0 Å². The number of benzene rings is 1. The van der Waals surface area contributed by atoms with Crippen LogP contribution in [-0.2, 0) is 0 Å². The zero-order chi connectivity index (χ0) is 12.3. The Kier molecular flexibility index (Phi) is 4.60. The summed E-state index contributed by atoms with van der Waals surface area (Å²) < 4.78 is 1.18. The Bertz CT molecular complexity index is 367. The zero-order valence-electron chi connectivity index (χ0n) is 10.6. The molecule has 1 aliphatic rings. The molecule has 1 aliphatic heterocycles. The van der Waals surface area contributed by atoms with Gasteiger partial charge in [-0.25, -0.2) is 0 Å². The highest BCUT2D eigenvalue weighted by molar-refractivity contribution is 9.10. The van der Waals surface area contributed by atoms with Crippen molar-refractivity contribution in [1.82, 2.24) is 10.2 Å². The normalized spacial score (nSPS) is 23.6. The highest BCUT2D eigenvalue weighted by Gasteiger charge is 2.18. The Hall–Kier alpha value is -0.380. The van der Waals surface area contributed by atoms with E-state index in [0.29, 0.717) is 12.0 Å². The van der Waals surface area contributed by atoms with Gasteiger partial charge in [-0.05, 0) is 30.5 Å². The lowest BCUT2D eigenvalue weighted by molar-refractivity contribution is 0.199. The van der Waals surface area contributed by atoms with Gasteiger partial charge in [0.2, 0.25) is 0 Å². The van der Waals surface area contributed by atoms with Gasteiger partial charge in [-0.1, -0.05) is 35.0 Å². The van der Waals surface area contributed by atoms with E-state index in [2.05, 4.69) is 64.3 Å². The van der Waals surface area contributed by atoms with Crippen molar-refractivity contribution in [3.8, 4) is 0 Å². The van der Waals surface area contributed by atoms with Crippen molar-refractivity contribution in [2.75, 3.05) is 26.2 Å². The van der Waals surface area contributed by atoms with Crippen molar-refractivity contribution in [3.63, 3.8) is 0 Å². The summed E-state index contributed by atoms with van der Waals surface area (Å²) in [6.45, 7) is 9.18. The van der Waals surface area contributed by atoms with Gasteiger partial charge in [-0.3, -0.25) is 4.90 Å². The Morgan fingerprint density at radius 2 is 2.35 bits per heavy atom. The minimum absolute atomic E-state index is 0.595. The molecular weight excluding hydrogens is 276 g/mol. The summed E-state index contributed by atoms with van der Waals surface area (Å²) in [5.74, 6) is 0.595. The second-order valence-corrected chi connectivity index (χ2v) is 5.99. The highest BCUT2D eigenvalue weighted by Crippen LogP contribution is 2.21. The summed E-state index contributed by atoms with van der Waals surface area (Å²) >= 11 is 3.54. The van der Waals surface area contributed by atoms with Gasteiger partial charge < -0.3 is 5.32 Å².